The number of fused-ring (bicyclic) bond motifs is 1. The van der Waals surface area contributed by atoms with Gasteiger partial charge in [0.05, 0.1) is 0 Å². The van der Waals surface area contributed by atoms with Gasteiger partial charge in [0.15, 0.2) is 0 Å². The molecule has 0 aliphatic rings. The molecule has 0 unspecified atom stereocenters. The SMILES string of the molecule is CCn1ccc2cc(Oc3ccnc(Nc4cc(C)cc(N)c4)n3)ccc21. The number of nitrogens with zero attached hydrogens (tertiary/aromatic N) is 3. The van der Waals surface area contributed by atoms with Crippen LogP contribution in [0.2, 0.25) is 0 Å². The number of hydrogen-bond acceptors (Lipinski definition) is 5. The van der Waals surface area contributed by atoms with Crippen molar-refractivity contribution in [3.05, 3.63) is 66.5 Å². The average molecular weight is 359 g/mol. The summed E-state index contributed by atoms with van der Waals surface area (Å²) in [5.41, 5.74) is 9.68. The van der Waals surface area contributed by atoms with Gasteiger partial charge in [-0.3, -0.25) is 0 Å². The summed E-state index contributed by atoms with van der Waals surface area (Å²) in [6, 6.07) is 15.6. The van der Waals surface area contributed by atoms with E-state index in [1.165, 1.54) is 5.52 Å². The van der Waals surface area contributed by atoms with Crippen LogP contribution in [0, 0.1) is 6.92 Å². The maximum Gasteiger partial charge on any atom is 0.230 e. The molecule has 27 heavy (non-hydrogen) atoms. The van der Waals surface area contributed by atoms with Gasteiger partial charge in [-0.2, -0.15) is 4.98 Å². The van der Waals surface area contributed by atoms with E-state index >= 15 is 0 Å². The molecule has 0 radical (unpaired) electrons. The van der Waals surface area contributed by atoms with Crippen LogP contribution in [0.15, 0.2) is 60.9 Å². The van der Waals surface area contributed by atoms with E-state index in [4.69, 9.17) is 10.5 Å². The number of hydrogen-bond donors (Lipinski definition) is 2. The molecule has 2 aromatic heterocycles. The first-order chi connectivity index (χ1) is 13.1. The van der Waals surface area contributed by atoms with Crippen molar-refractivity contribution in [3.63, 3.8) is 0 Å². The monoisotopic (exact) mass is 359 g/mol. The minimum absolute atomic E-state index is 0.454. The van der Waals surface area contributed by atoms with Gasteiger partial charge in [0.2, 0.25) is 11.8 Å². The zero-order chi connectivity index (χ0) is 18.8. The highest BCUT2D eigenvalue weighted by molar-refractivity contribution is 5.81. The zero-order valence-corrected chi connectivity index (χ0v) is 15.3. The zero-order valence-electron chi connectivity index (χ0n) is 15.3. The normalized spacial score (nSPS) is 10.9. The van der Waals surface area contributed by atoms with Crippen molar-refractivity contribution >= 4 is 28.2 Å². The fourth-order valence-electron chi connectivity index (χ4n) is 3.11. The molecule has 6 heteroatoms. The number of ether oxygens (including phenoxy) is 1. The van der Waals surface area contributed by atoms with Gasteiger partial charge in [-0.25, -0.2) is 4.98 Å². The number of anilines is 3. The van der Waals surface area contributed by atoms with Crippen molar-refractivity contribution in [2.24, 2.45) is 0 Å². The Kier molecular flexibility index (Phi) is 4.38. The third-order valence-electron chi connectivity index (χ3n) is 4.29. The largest absolute Gasteiger partial charge is 0.439 e. The van der Waals surface area contributed by atoms with E-state index in [1.807, 2.05) is 37.3 Å². The number of benzene rings is 2. The lowest BCUT2D eigenvalue weighted by Gasteiger charge is -2.09. The first kappa shape index (κ1) is 16.9. The summed E-state index contributed by atoms with van der Waals surface area (Å²) in [7, 11) is 0. The molecule has 0 amide bonds. The second kappa shape index (κ2) is 6.99. The van der Waals surface area contributed by atoms with Crippen LogP contribution in [-0.4, -0.2) is 14.5 Å². The lowest BCUT2D eigenvalue weighted by Crippen LogP contribution is -1.99. The fourth-order valence-corrected chi connectivity index (χ4v) is 3.11. The molecule has 0 bridgehead atoms. The number of nitrogen functional groups attached to an aromatic ring is 1. The molecule has 0 aliphatic carbocycles. The van der Waals surface area contributed by atoms with Crippen LogP contribution in [0.4, 0.5) is 17.3 Å². The van der Waals surface area contributed by atoms with E-state index in [9.17, 15) is 0 Å². The van der Waals surface area contributed by atoms with E-state index < -0.39 is 0 Å². The fraction of sp³-hybridized carbons (Fsp3) is 0.143. The van der Waals surface area contributed by atoms with E-state index in [1.54, 1.807) is 12.3 Å². The predicted octanol–water partition coefficient (Wildman–Crippen LogP) is 4.88. The van der Waals surface area contributed by atoms with E-state index in [0.29, 0.717) is 17.5 Å². The maximum absolute atomic E-state index is 5.93. The van der Waals surface area contributed by atoms with Crippen molar-refractivity contribution < 1.29 is 4.74 Å². The van der Waals surface area contributed by atoms with Crippen molar-refractivity contribution in [1.29, 1.82) is 0 Å². The lowest BCUT2D eigenvalue weighted by atomic mass is 10.2. The Hall–Kier alpha value is -3.54. The van der Waals surface area contributed by atoms with E-state index in [2.05, 4.69) is 45.1 Å². The Morgan fingerprint density at radius 1 is 1.11 bits per heavy atom. The van der Waals surface area contributed by atoms with Crippen LogP contribution < -0.4 is 15.8 Å². The Balaban J connectivity index is 1.55. The number of nitrogens with two attached hydrogens (primary N) is 1. The molecule has 136 valence electrons. The smallest absolute Gasteiger partial charge is 0.230 e. The molecule has 3 N–H and O–H groups in total. The third kappa shape index (κ3) is 3.69. The molecule has 6 nitrogen and oxygen atoms in total. The first-order valence-corrected chi connectivity index (χ1v) is 8.85. The number of nitrogens with one attached hydrogen (secondary N) is 1. The quantitative estimate of drug-likeness (QED) is 0.497. The van der Waals surface area contributed by atoms with Crippen LogP contribution in [0.3, 0.4) is 0 Å². The number of aromatic nitrogens is 3. The maximum atomic E-state index is 5.93. The highest BCUT2D eigenvalue weighted by Gasteiger charge is 2.06. The Morgan fingerprint density at radius 2 is 2.00 bits per heavy atom. The summed E-state index contributed by atoms with van der Waals surface area (Å²) in [5, 5.41) is 4.30. The summed E-state index contributed by atoms with van der Waals surface area (Å²) < 4.78 is 8.12. The second-order valence-corrected chi connectivity index (χ2v) is 6.40. The number of rotatable bonds is 5. The molecule has 0 atom stereocenters. The summed E-state index contributed by atoms with van der Waals surface area (Å²) in [6.07, 6.45) is 3.74. The van der Waals surface area contributed by atoms with Gasteiger partial charge < -0.3 is 20.4 Å². The molecular formula is C21H21N5O. The Labute approximate surface area is 157 Å². The van der Waals surface area contributed by atoms with Crippen molar-refractivity contribution in [2.45, 2.75) is 20.4 Å². The van der Waals surface area contributed by atoms with Crippen molar-refractivity contribution in [3.8, 4) is 11.6 Å². The van der Waals surface area contributed by atoms with Gasteiger partial charge in [-0.1, -0.05) is 0 Å². The highest BCUT2D eigenvalue weighted by Crippen LogP contribution is 2.26. The predicted molar refractivity (Wildman–Crippen MR) is 109 cm³/mol. The van der Waals surface area contributed by atoms with Gasteiger partial charge in [0.25, 0.3) is 0 Å². The molecule has 0 spiro atoms. The average Bonchev–Trinajstić information content (AvgIpc) is 3.03. The summed E-state index contributed by atoms with van der Waals surface area (Å²) in [6.45, 7) is 5.05. The van der Waals surface area contributed by atoms with Gasteiger partial charge in [-0.05, 0) is 61.9 Å². The summed E-state index contributed by atoms with van der Waals surface area (Å²) in [5.74, 6) is 1.67. The summed E-state index contributed by atoms with van der Waals surface area (Å²) >= 11 is 0. The van der Waals surface area contributed by atoms with Crippen LogP contribution >= 0.6 is 0 Å². The third-order valence-corrected chi connectivity index (χ3v) is 4.29. The molecule has 4 aromatic rings. The van der Waals surface area contributed by atoms with Gasteiger partial charge in [-0.15, -0.1) is 0 Å². The van der Waals surface area contributed by atoms with Crippen LogP contribution in [0.5, 0.6) is 11.6 Å². The Bertz CT molecular complexity index is 1080. The van der Waals surface area contributed by atoms with Crippen molar-refractivity contribution in [1.82, 2.24) is 14.5 Å². The van der Waals surface area contributed by atoms with E-state index in [-0.39, 0.29) is 0 Å². The minimum atomic E-state index is 0.454. The topological polar surface area (TPSA) is 78.0 Å². The molecule has 2 heterocycles. The van der Waals surface area contributed by atoms with Gasteiger partial charge in [0.1, 0.15) is 5.75 Å². The van der Waals surface area contributed by atoms with Gasteiger partial charge >= 0.3 is 0 Å². The van der Waals surface area contributed by atoms with Crippen LogP contribution in [0.25, 0.3) is 10.9 Å². The van der Waals surface area contributed by atoms with Crippen LogP contribution in [-0.2, 0) is 6.54 Å². The molecule has 0 saturated heterocycles. The molecule has 0 fully saturated rings. The Morgan fingerprint density at radius 3 is 2.81 bits per heavy atom. The number of aryl methyl sites for hydroxylation is 2. The van der Waals surface area contributed by atoms with Gasteiger partial charge in [0, 0.05) is 47.3 Å². The molecule has 0 aliphatic heterocycles. The minimum Gasteiger partial charge on any atom is -0.439 e. The molecule has 4 rings (SSSR count). The lowest BCUT2D eigenvalue weighted by molar-refractivity contribution is 0.463. The van der Waals surface area contributed by atoms with Crippen molar-refractivity contribution in [2.75, 3.05) is 11.1 Å². The van der Waals surface area contributed by atoms with E-state index in [0.717, 1.165) is 28.9 Å². The molecular weight excluding hydrogens is 338 g/mol. The second-order valence-electron chi connectivity index (χ2n) is 6.40. The van der Waals surface area contributed by atoms with Crippen LogP contribution in [0.1, 0.15) is 12.5 Å². The standard InChI is InChI=1S/C21H21N5O/c1-3-26-9-7-15-12-18(4-5-19(15)26)27-20-6-8-23-21(25-20)24-17-11-14(2)10-16(22)13-17/h4-13H,3,22H2,1-2H3,(H,23,24,25). The molecule has 0 saturated carbocycles. The highest BCUT2D eigenvalue weighted by atomic mass is 16.5. The first-order valence-electron chi connectivity index (χ1n) is 8.85. The summed E-state index contributed by atoms with van der Waals surface area (Å²) in [4.78, 5) is 8.69. The molecule has 2 aromatic carbocycles.